The molecule has 2 aromatic heterocycles. The first-order valence-electron chi connectivity index (χ1n) is 14.8. The zero-order chi connectivity index (χ0) is 28.8. The van der Waals surface area contributed by atoms with Crippen molar-refractivity contribution >= 4 is 71.7 Å². The van der Waals surface area contributed by atoms with Gasteiger partial charge in [0.1, 0.15) is 16.8 Å². The van der Waals surface area contributed by atoms with Crippen LogP contribution in [0, 0.1) is 0 Å². The molecule has 0 unspecified atom stereocenters. The van der Waals surface area contributed by atoms with Crippen molar-refractivity contribution in [2.45, 2.75) is 0 Å². The molecule has 0 bridgehead atoms. The summed E-state index contributed by atoms with van der Waals surface area (Å²) in [5.74, 6) is 0.617. The van der Waals surface area contributed by atoms with Crippen molar-refractivity contribution in [3.63, 3.8) is 0 Å². The van der Waals surface area contributed by atoms with Crippen molar-refractivity contribution in [1.29, 1.82) is 0 Å². The molecule has 0 N–H and O–H groups in total. The van der Waals surface area contributed by atoms with E-state index in [-0.39, 0.29) is 0 Å². The van der Waals surface area contributed by atoms with E-state index in [2.05, 4.69) is 126 Å². The Morgan fingerprint density at radius 1 is 0.477 bits per heavy atom. The van der Waals surface area contributed by atoms with E-state index in [0.717, 1.165) is 55.3 Å². The Labute approximate surface area is 252 Å². The summed E-state index contributed by atoms with van der Waals surface area (Å²) in [6.07, 6.45) is 0. The Morgan fingerprint density at radius 2 is 1.14 bits per heavy atom. The quantitative estimate of drug-likeness (QED) is 0.211. The fourth-order valence-corrected chi connectivity index (χ4v) is 7.07. The highest BCUT2D eigenvalue weighted by Gasteiger charge is 2.31. The Bertz CT molecular complexity index is 2620. The lowest BCUT2D eigenvalue weighted by Gasteiger charge is -2.33. The van der Waals surface area contributed by atoms with Crippen LogP contribution in [0.1, 0.15) is 0 Å². The zero-order valence-corrected chi connectivity index (χ0v) is 23.5. The second-order valence-corrected chi connectivity index (χ2v) is 11.4. The lowest BCUT2D eigenvalue weighted by molar-refractivity contribution is 0.667. The van der Waals surface area contributed by atoms with Crippen LogP contribution in [0.15, 0.2) is 144 Å². The Morgan fingerprint density at radius 3 is 2.00 bits per heavy atom. The molecule has 44 heavy (non-hydrogen) atoms. The number of anilines is 3. The second kappa shape index (κ2) is 8.76. The van der Waals surface area contributed by atoms with E-state index >= 15 is 0 Å². The van der Waals surface area contributed by atoms with Crippen LogP contribution in [0.25, 0.3) is 76.8 Å². The first-order valence-corrected chi connectivity index (χ1v) is 14.8. The number of hydrogen-bond donors (Lipinski definition) is 0. The lowest BCUT2D eigenvalue weighted by atomic mass is 9.89. The summed E-state index contributed by atoms with van der Waals surface area (Å²) in [4.78, 5) is 13.0. The minimum atomic E-state index is 0.617. The minimum Gasteiger partial charge on any atom is -0.452 e. The Hall–Kier alpha value is -6.00. The molecule has 0 atom stereocenters. The van der Waals surface area contributed by atoms with E-state index in [1.807, 2.05) is 18.2 Å². The Kier molecular flexibility index (Phi) is 4.69. The topological polar surface area (TPSA) is 42.2 Å². The molecule has 0 amide bonds. The van der Waals surface area contributed by atoms with Crippen molar-refractivity contribution in [2.24, 2.45) is 0 Å². The molecule has 0 saturated heterocycles. The van der Waals surface area contributed by atoms with E-state index in [0.29, 0.717) is 11.5 Å². The molecule has 0 spiro atoms. The number of benzene rings is 7. The SMILES string of the molecule is c1ccc2c(-c3nc(N4c5c(ccc6ccccc56)-c5cccc6cccc4c56)nc4c3oc3ccccc34)cccc2c1. The van der Waals surface area contributed by atoms with E-state index in [1.54, 1.807) is 0 Å². The first kappa shape index (κ1) is 23.6. The lowest BCUT2D eigenvalue weighted by Crippen LogP contribution is -2.18. The van der Waals surface area contributed by atoms with E-state index in [4.69, 9.17) is 14.4 Å². The number of para-hydroxylation sites is 1. The molecule has 1 aliphatic rings. The third-order valence-corrected chi connectivity index (χ3v) is 8.99. The highest BCUT2D eigenvalue weighted by Crippen LogP contribution is 2.53. The van der Waals surface area contributed by atoms with Crippen molar-refractivity contribution < 1.29 is 4.42 Å². The molecule has 3 heterocycles. The van der Waals surface area contributed by atoms with Gasteiger partial charge in [-0.05, 0) is 45.3 Å². The van der Waals surface area contributed by atoms with Gasteiger partial charge in [-0.2, -0.15) is 0 Å². The standard InChI is InChI=1S/C40H23N3O/c1-3-15-27-24(10-1)12-7-19-30(27)36-39-37(32-17-5-6-21-34(32)44-39)42-40(41-36)43-33-20-9-14-26-13-8-18-29(35(26)33)31-23-22-25-11-2-4-16-28(25)38(31)43/h1-23H. The molecule has 0 saturated carbocycles. The maximum Gasteiger partial charge on any atom is 0.236 e. The van der Waals surface area contributed by atoms with Crippen LogP contribution in [0.3, 0.4) is 0 Å². The molecule has 0 aliphatic carbocycles. The largest absolute Gasteiger partial charge is 0.452 e. The fraction of sp³-hybridized carbons (Fsp3) is 0. The summed E-state index contributed by atoms with van der Waals surface area (Å²) in [5.41, 5.74) is 8.65. The molecular formula is C40H23N3O. The third-order valence-electron chi connectivity index (χ3n) is 8.99. The van der Waals surface area contributed by atoms with Gasteiger partial charge in [-0.3, -0.25) is 4.90 Å². The van der Waals surface area contributed by atoms with Crippen LogP contribution in [0.4, 0.5) is 17.3 Å². The van der Waals surface area contributed by atoms with E-state index in [1.165, 1.54) is 27.3 Å². The van der Waals surface area contributed by atoms with Crippen LogP contribution >= 0.6 is 0 Å². The first-order chi connectivity index (χ1) is 21.8. The van der Waals surface area contributed by atoms with E-state index in [9.17, 15) is 0 Å². The maximum absolute atomic E-state index is 6.54. The molecule has 0 fully saturated rings. The fourth-order valence-electron chi connectivity index (χ4n) is 7.07. The highest BCUT2D eigenvalue weighted by atomic mass is 16.3. The van der Waals surface area contributed by atoms with Gasteiger partial charge in [0, 0.05) is 27.3 Å². The summed E-state index contributed by atoms with van der Waals surface area (Å²) < 4.78 is 6.54. The van der Waals surface area contributed by atoms with Crippen LogP contribution in [-0.4, -0.2) is 9.97 Å². The van der Waals surface area contributed by atoms with Crippen LogP contribution in [0.5, 0.6) is 0 Å². The van der Waals surface area contributed by atoms with Gasteiger partial charge >= 0.3 is 0 Å². The van der Waals surface area contributed by atoms with Crippen molar-refractivity contribution in [2.75, 3.05) is 4.90 Å². The van der Waals surface area contributed by atoms with Gasteiger partial charge in [-0.25, -0.2) is 9.97 Å². The maximum atomic E-state index is 6.54. The predicted octanol–water partition coefficient (Wildman–Crippen LogP) is 11.0. The molecule has 9 aromatic rings. The average Bonchev–Trinajstić information content (AvgIpc) is 3.46. The van der Waals surface area contributed by atoms with Crippen LogP contribution in [-0.2, 0) is 0 Å². The van der Waals surface area contributed by atoms with Crippen molar-refractivity contribution in [3.8, 4) is 22.4 Å². The molecule has 0 radical (unpaired) electrons. The molecular weight excluding hydrogens is 538 g/mol. The average molecular weight is 562 g/mol. The van der Waals surface area contributed by atoms with Gasteiger partial charge < -0.3 is 4.42 Å². The van der Waals surface area contributed by atoms with Gasteiger partial charge in [0.25, 0.3) is 0 Å². The molecule has 10 rings (SSSR count). The van der Waals surface area contributed by atoms with Crippen molar-refractivity contribution in [1.82, 2.24) is 9.97 Å². The normalized spacial score (nSPS) is 12.5. The monoisotopic (exact) mass is 561 g/mol. The number of nitrogens with zero attached hydrogens (tertiary/aromatic N) is 3. The predicted molar refractivity (Wildman–Crippen MR) is 181 cm³/mol. The summed E-state index contributed by atoms with van der Waals surface area (Å²) >= 11 is 0. The molecule has 4 nitrogen and oxygen atoms in total. The number of fused-ring (bicyclic) bond motifs is 8. The molecule has 7 aromatic carbocycles. The summed E-state index contributed by atoms with van der Waals surface area (Å²) in [5, 5.41) is 7.97. The smallest absolute Gasteiger partial charge is 0.236 e. The number of furan rings is 1. The van der Waals surface area contributed by atoms with Gasteiger partial charge in [0.15, 0.2) is 5.58 Å². The zero-order valence-electron chi connectivity index (χ0n) is 23.5. The number of hydrogen-bond acceptors (Lipinski definition) is 4. The molecule has 4 heteroatoms. The van der Waals surface area contributed by atoms with Crippen LogP contribution < -0.4 is 4.90 Å². The van der Waals surface area contributed by atoms with Crippen molar-refractivity contribution in [3.05, 3.63) is 140 Å². The highest BCUT2D eigenvalue weighted by molar-refractivity contribution is 6.19. The summed E-state index contributed by atoms with van der Waals surface area (Å²) in [7, 11) is 0. The van der Waals surface area contributed by atoms with E-state index < -0.39 is 0 Å². The van der Waals surface area contributed by atoms with Crippen LogP contribution in [0.2, 0.25) is 0 Å². The molecule has 1 aliphatic heterocycles. The third kappa shape index (κ3) is 3.17. The van der Waals surface area contributed by atoms with Gasteiger partial charge in [-0.1, -0.05) is 121 Å². The summed E-state index contributed by atoms with van der Waals surface area (Å²) in [6.45, 7) is 0. The molecule has 204 valence electrons. The van der Waals surface area contributed by atoms with Gasteiger partial charge in [0.05, 0.1) is 11.4 Å². The minimum absolute atomic E-state index is 0.617. The van der Waals surface area contributed by atoms with Gasteiger partial charge in [0.2, 0.25) is 5.95 Å². The van der Waals surface area contributed by atoms with Gasteiger partial charge in [-0.15, -0.1) is 0 Å². The Balaban J connectivity index is 1.38. The summed E-state index contributed by atoms with van der Waals surface area (Å²) in [6, 6.07) is 49.0. The number of rotatable bonds is 2. The second-order valence-electron chi connectivity index (χ2n) is 11.4. The number of aromatic nitrogens is 2.